The molecule has 1 aliphatic heterocycles. The number of nitrogens with one attached hydrogen (secondary N) is 1. The van der Waals surface area contributed by atoms with Crippen LogP contribution in [0, 0.1) is 6.92 Å². The molecule has 0 unspecified atom stereocenters. The summed E-state index contributed by atoms with van der Waals surface area (Å²) in [5, 5.41) is 0.858. The van der Waals surface area contributed by atoms with Crippen LogP contribution in [-0.4, -0.2) is 23.0 Å². The Morgan fingerprint density at radius 1 is 1.27 bits per heavy atom. The van der Waals surface area contributed by atoms with Crippen LogP contribution in [0.3, 0.4) is 0 Å². The molecule has 22 heavy (non-hydrogen) atoms. The predicted molar refractivity (Wildman–Crippen MR) is 90.5 cm³/mol. The van der Waals surface area contributed by atoms with Gasteiger partial charge in [0, 0.05) is 23.8 Å². The Morgan fingerprint density at radius 2 is 2.05 bits per heavy atom. The van der Waals surface area contributed by atoms with Crippen molar-refractivity contribution in [2.45, 2.75) is 32.2 Å². The lowest BCUT2D eigenvalue weighted by Gasteiger charge is -2.32. The first-order chi connectivity index (χ1) is 10.6. The number of aromatic amines is 1. The van der Waals surface area contributed by atoms with E-state index in [0.29, 0.717) is 5.92 Å². The molecule has 1 aromatic heterocycles. The molecule has 1 N–H and O–H groups in total. The number of nitrogens with zero attached hydrogens (tertiary/aromatic N) is 1. The summed E-state index contributed by atoms with van der Waals surface area (Å²) in [6, 6.07) is 9.84. The van der Waals surface area contributed by atoms with Gasteiger partial charge in [0.25, 0.3) is 0 Å². The molecule has 1 saturated heterocycles. The summed E-state index contributed by atoms with van der Waals surface area (Å²) in [4.78, 5) is 16.6. The first kappa shape index (κ1) is 15.3. The van der Waals surface area contributed by atoms with Gasteiger partial charge < -0.3 is 4.98 Å². The number of piperidine rings is 1. The van der Waals surface area contributed by atoms with Gasteiger partial charge in [0.05, 0.1) is 0 Å². The Labute approximate surface area is 135 Å². The zero-order chi connectivity index (χ0) is 15.5. The molecule has 0 amide bonds. The van der Waals surface area contributed by atoms with Crippen molar-refractivity contribution in [2.75, 3.05) is 13.1 Å². The molecule has 4 heteroatoms. The van der Waals surface area contributed by atoms with Gasteiger partial charge in [-0.1, -0.05) is 23.7 Å². The second-order valence-corrected chi connectivity index (χ2v) is 6.48. The molecular weight excluding hydrogens is 296 g/mol. The molecule has 0 saturated carbocycles. The third kappa shape index (κ3) is 3.42. The molecule has 0 bridgehead atoms. The van der Waals surface area contributed by atoms with E-state index in [2.05, 4.69) is 22.9 Å². The fraction of sp³-hybridized carbons (Fsp3) is 0.389. The summed E-state index contributed by atoms with van der Waals surface area (Å²) in [5.41, 5.74) is 3.65. The number of halogens is 1. The number of H-pyrrole nitrogens is 1. The number of pyridine rings is 1. The van der Waals surface area contributed by atoms with E-state index in [9.17, 15) is 4.79 Å². The third-order valence-corrected chi connectivity index (χ3v) is 4.95. The number of aromatic nitrogens is 1. The van der Waals surface area contributed by atoms with Gasteiger partial charge in [0.2, 0.25) is 5.56 Å². The topological polar surface area (TPSA) is 36.1 Å². The molecule has 3 rings (SSSR count). The number of hydrogen-bond donors (Lipinski definition) is 1. The van der Waals surface area contributed by atoms with E-state index in [-0.39, 0.29) is 5.56 Å². The average molecular weight is 317 g/mol. The second-order valence-electron chi connectivity index (χ2n) is 6.07. The smallest absolute Gasteiger partial charge is 0.248 e. The van der Waals surface area contributed by atoms with E-state index < -0.39 is 0 Å². The lowest BCUT2D eigenvalue weighted by atomic mass is 9.90. The SMILES string of the molecule is Cc1cccc(Cl)c1CN1CCC(c2cc[nH]c(=O)c2)CC1. The van der Waals surface area contributed by atoms with Gasteiger partial charge >= 0.3 is 0 Å². The van der Waals surface area contributed by atoms with E-state index in [4.69, 9.17) is 11.6 Å². The van der Waals surface area contributed by atoms with Gasteiger partial charge in [0.15, 0.2) is 0 Å². The highest BCUT2D eigenvalue weighted by Gasteiger charge is 2.21. The van der Waals surface area contributed by atoms with Gasteiger partial charge in [-0.05, 0) is 67.6 Å². The highest BCUT2D eigenvalue weighted by atomic mass is 35.5. The predicted octanol–water partition coefficient (Wildman–Crippen LogP) is 3.72. The molecule has 0 spiro atoms. The maximum atomic E-state index is 11.4. The summed E-state index contributed by atoms with van der Waals surface area (Å²) in [6.45, 7) is 5.11. The first-order valence-corrected chi connectivity index (χ1v) is 8.16. The standard InChI is InChI=1S/C18H21ClN2O/c1-13-3-2-4-17(19)16(13)12-21-9-6-14(7-10-21)15-5-8-20-18(22)11-15/h2-5,8,11,14H,6-7,9-10,12H2,1H3,(H,20,22). The lowest BCUT2D eigenvalue weighted by Crippen LogP contribution is -2.33. The van der Waals surface area contributed by atoms with Crippen LogP contribution in [0.4, 0.5) is 0 Å². The molecule has 1 aliphatic rings. The fourth-order valence-corrected chi connectivity index (χ4v) is 3.51. The third-order valence-electron chi connectivity index (χ3n) is 4.59. The minimum atomic E-state index is -0.00776. The van der Waals surface area contributed by atoms with Crippen molar-refractivity contribution in [3.05, 3.63) is 68.6 Å². The Morgan fingerprint density at radius 3 is 2.73 bits per heavy atom. The fourth-order valence-electron chi connectivity index (χ4n) is 3.23. The minimum absolute atomic E-state index is 0.00776. The van der Waals surface area contributed by atoms with Crippen LogP contribution < -0.4 is 5.56 Å². The van der Waals surface area contributed by atoms with Gasteiger partial charge in [-0.2, -0.15) is 0 Å². The molecule has 116 valence electrons. The lowest BCUT2D eigenvalue weighted by molar-refractivity contribution is 0.204. The largest absolute Gasteiger partial charge is 0.329 e. The van der Waals surface area contributed by atoms with Crippen LogP contribution in [0.2, 0.25) is 5.02 Å². The van der Waals surface area contributed by atoms with Crippen molar-refractivity contribution in [2.24, 2.45) is 0 Å². The summed E-state index contributed by atoms with van der Waals surface area (Å²) in [5.74, 6) is 0.492. The van der Waals surface area contributed by atoms with Gasteiger partial charge in [-0.25, -0.2) is 0 Å². The second kappa shape index (κ2) is 6.67. The number of rotatable bonds is 3. The minimum Gasteiger partial charge on any atom is -0.329 e. The van der Waals surface area contributed by atoms with Crippen LogP contribution >= 0.6 is 11.6 Å². The number of hydrogen-bond acceptors (Lipinski definition) is 2. The summed E-state index contributed by atoms with van der Waals surface area (Å²) < 4.78 is 0. The van der Waals surface area contributed by atoms with Crippen molar-refractivity contribution in [3.8, 4) is 0 Å². The Bertz CT molecular complexity index is 682. The van der Waals surface area contributed by atoms with Crippen molar-refractivity contribution in [1.29, 1.82) is 0 Å². The monoisotopic (exact) mass is 316 g/mol. The molecule has 2 heterocycles. The maximum absolute atomic E-state index is 11.4. The molecule has 0 radical (unpaired) electrons. The van der Waals surface area contributed by atoms with Crippen LogP contribution in [0.5, 0.6) is 0 Å². The van der Waals surface area contributed by atoms with Crippen molar-refractivity contribution >= 4 is 11.6 Å². The average Bonchev–Trinajstić information content (AvgIpc) is 2.52. The summed E-state index contributed by atoms with van der Waals surface area (Å²) >= 11 is 6.33. The molecule has 2 aromatic rings. The molecule has 1 aromatic carbocycles. The van der Waals surface area contributed by atoms with E-state index in [1.54, 1.807) is 12.3 Å². The number of benzene rings is 1. The molecule has 1 fully saturated rings. The van der Waals surface area contributed by atoms with E-state index in [0.717, 1.165) is 43.1 Å². The zero-order valence-corrected chi connectivity index (χ0v) is 13.6. The molecule has 3 nitrogen and oxygen atoms in total. The Balaban J connectivity index is 1.64. The van der Waals surface area contributed by atoms with Crippen LogP contribution in [0.15, 0.2) is 41.3 Å². The van der Waals surface area contributed by atoms with Crippen LogP contribution in [-0.2, 0) is 6.54 Å². The quantitative estimate of drug-likeness (QED) is 0.937. The van der Waals surface area contributed by atoms with Crippen LogP contribution in [0.25, 0.3) is 0 Å². The van der Waals surface area contributed by atoms with Crippen molar-refractivity contribution in [3.63, 3.8) is 0 Å². The first-order valence-electron chi connectivity index (χ1n) is 7.78. The highest BCUT2D eigenvalue weighted by Crippen LogP contribution is 2.29. The van der Waals surface area contributed by atoms with Crippen LogP contribution in [0.1, 0.15) is 35.4 Å². The normalized spacial score (nSPS) is 16.8. The number of likely N-dealkylation sites (tertiary alicyclic amines) is 1. The maximum Gasteiger partial charge on any atom is 0.248 e. The van der Waals surface area contributed by atoms with Gasteiger partial charge in [0.1, 0.15) is 0 Å². The van der Waals surface area contributed by atoms with Crippen molar-refractivity contribution < 1.29 is 0 Å². The highest BCUT2D eigenvalue weighted by molar-refractivity contribution is 6.31. The van der Waals surface area contributed by atoms with Gasteiger partial charge in [-0.3, -0.25) is 9.69 Å². The molecule has 0 atom stereocenters. The summed E-state index contributed by atoms with van der Waals surface area (Å²) in [7, 11) is 0. The van der Waals surface area contributed by atoms with Gasteiger partial charge in [-0.15, -0.1) is 0 Å². The zero-order valence-electron chi connectivity index (χ0n) is 12.8. The molecular formula is C18H21ClN2O. The number of aryl methyl sites for hydroxylation is 1. The summed E-state index contributed by atoms with van der Waals surface area (Å²) in [6.07, 6.45) is 3.93. The van der Waals surface area contributed by atoms with E-state index >= 15 is 0 Å². The molecule has 0 aliphatic carbocycles. The van der Waals surface area contributed by atoms with E-state index in [1.165, 1.54) is 11.1 Å². The Hall–Kier alpha value is -1.58. The Kier molecular flexibility index (Phi) is 4.65. The van der Waals surface area contributed by atoms with Crippen molar-refractivity contribution in [1.82, 2.24) is 9.88 Å². The van der Waals surface area contributed by atoms with E-state index in [1.807, 2.05) is 18.2 Å².